The summed E-state index contributed by atoms with van der Waals surface area (Å²) in [6.07, 6.45) is 1.69. The lowest BCUT2D eigenvalue weighted by Gasteiger charge is -2.07. The van der Waals surface area contributed by atoms with Crippen molar-refractivity contribution in [2.75, 3.05) is 0 Å². The Balaban J connectivity index is 1.99. The number of aromatic amines is 1. The second-order valence-electron chi connectivity index (χ2n) is 5.89. The molecule has 0 bridgehead atoms. The molecule has 0 unspecified atom stereocenters. The average Bonchev–Trinajstić information content (AvgIpc) is 2.91. The molecule has 26 heavy (non-hydrogen) atoms. The Hall–Kier alpha value is -2.61. The maximum absolute atomic E-state index is 13.1. The largest absolute Gasteiger partial charge is 0.484 e. The Kier molecular flexibility index (Phi) is 5.13. The molecule has 0 atom stereocenters. The Morgan fingerprint density at radius 3 is 2.81 bits per heavy atom. The number of benzene rings is 1. The van der Waals surface area contributed by atoms with Crippen molar-refractivity contribution in [3.05, 3.63) is 55.7 Å². The molecule has 0 aliphatic heterocycles. The maximum Gasteiger partial charge on any atom is 0.330 e. The number of hydrogen-bond acceptors (Lipinski definition) is 4. The van der Waals surface area contributed by atoms with E-state index in [1.54, 1.807) is 11.6 Å². The van der Waals surface area contributed by atoms with Gasteiger partial charge in [-0.05, 0) is 24.6 Å². The van der Waals surface area contributed by atoms with E-state index in [1.165, 1.54) is 16.7 Å². The van der Waals surface area contributed by atoms with Crippen LogP contribution in [0.2, 0.25) is 5.02 Å². The lowest BCUT2D eigenvalue weighted by atomic mass is 10.3. The van der Waals surface area contributed by atoms with E-state index >= 15 is 0 Å². The van der Waals surface area contributed by atoms with Gasteiger partial charge in [-0.1, -0.05) is 24.9 Å². The van der Waals surface area contributed by atoms with Crippen molar-refractivity contribution in [3.8, 4) is 5.75 Å². The highest BCUT2D eigenvalue weighted by Crippen LogP contribution is 2.25. The van der Waals surface area contributed by atoms with Crippen molar-refractivity contribution < 1.29 is 9.13 Å². The van der Waals surface area contributed by atoms with Crippen molar-refractivity contribution in [3.63, 3.8) is 0 Å². The molecular weight excluding hydrogens is 363 g/mol. The summed E-state index contributed by atoms with van der Waals surface area (Å²) in [5.41, 5.74) is -0.370. The summed E-state index contributed by atoms with van der Waals surface area (Å²) in [5.74, 6) is 0.288. The van der Waals surface area contributed by atoms with Crippen LogP contribution in [0.15, 0.2) is 27.8 Å². The molecule has 2 heterocycles. The van der Waals surface area contributed by atoms with E-state index in [4.69, 9.17) is 16.3 Å². The molecule has 1 N–H and O–H groups in total. The van der Waals surface area contributed by atoms with Gasteiger partial charge in [-0.15, -0.1) is 0 Å². The fraction of sp³-hybridized carbons (Fsp3) is 0.353. The van der Waals surface area contributed by atoms with Crippen molar-refractivity contribution in [2.45, 2.75) is 32.9 Å². The van der Waals surface area contributed by atoms with E-state index in [0.29, 0.717) is 29.3 Å². The summed E-state index contributed by atoms with van der Waals surface area (Å²) in [6.45, 7) is 2.49. The van der Waals surface area contributed by atoms with Crippen LogP contribution in [-0.2, 0) is 20.2 Å². The maximum atomic E-state index is 13.1. The predicted octanol–water partition coefficient (Wildman–Crippen LogP) is 2.59. The van der Waals surface area contributed by atoms with Crippen LogP contribution in [0.1, 0.15) is 25.6 Å². The SMILES string of the molecule is CCCCn1c(=O)[nH]c(=O)c2c1nc(COc1ccc(F)cc1Cl)n2C. The minimum atomic E-state index is -0.501. The Morgan fingerprint density at radius 1 is 1.35 bits per heavy atom. The number of ether oxygens (including phenoxy) is 1. The Bertz CT molecular complexity index is 1070. The van der Waals surface area contributed by atoms with Crippen LogP contribution in [-0.4, -0.2) is 19.1 Å². The molecule has 0 aliphatic rings. The van der Waals surface area contributed by atoms with Crippen LogP contribution in [0.4, 0.5) is 4.39 Å². The van der Waals surface area contributed by atoms with E-state index in [1.807, 2.05) is 6.92 Å². The lowest BCUT2D eigenvalue weighted by molar-refractivity contribution is 0.292. The number of aromatic nitrogens is 4. The van der Waals surface area contributed by atoms with Gasteiger partial charge in [0.2, 0.25) is 0 Å². The number of halogens is 2. The first-order valence-electron chi connectivity index (χ1n) is 8.18. The molecule has 138 valence electrons. The molecule has 0 amide bonds. The number of hydrogen-bond donors (Lipinski definition) is 1. The molecule has 0 saturated heterocycles. The first-order chi connectivity index (χ1) is 12.4. The van der Waals surface area contributed by atoms with Crippen LogP contribution in [0.5, 0.6) is 5.75 Å². The molecule has 2 aromatic heterocycles. The van der Waals surface area contributed by atoms with Gasteiger partial charge < -0.3 is 9.30 Å². The molecule has 0 saturated carbocycles. The molecule has 0 fully saturated rings. The molecule has 0 radical (unpaired) electrons. The third kappa shape index (κ3) is 3.37. The molecular formula is C17H18ClFN4O3. The van der Waals surface area contributed by atoms with E-state index in [2.05, 4.69) is 9.97 Å². The second-order valence-corrected chi connectivity index (χ2v) is 6.29. The number of rotatable bonds is 6. The molecule has 0 aliphatic carbocycles. The number of unbranched alkanes of at least 4 members (excludes halogenated alkanes) is 1. The van der Waals surface area contributed by atoms with Gasteiger partial charge in [-0.25, -0.2) is 14.2 Å². The third-order valence-electron chi connectivity index (χ3n) is 4.09. The smallest absolute Gasteiger partial charge is 0.330 e. The minimum absolute atomic E-state index is 0.0118. The fourth-order valence-corrected chi connectivity index (χ4v) is 2.90. The Morgan fingerprint density at radius 2 is 2.12 bits per heavy atom. The highest BCUT2D eigenvalue weighted by molar-refractivity contribution is 6.32. The molecule has 3 aromatic rings. The van der Waals surface area contributed by atoms with Gasteiger partial charge in [0.1, 0.15) is 24.0 Å². The van der Waals surface area contributed by atoms with E-state index in [-0.39, 0.29) is 11.6 Å². The van der Waals surface area contributed by atoms with Crippen LogP contribution in [0.3, 0.4) is 0 Å². The van der Waals surface area contributed by atoms with Gasteiger partial charge in [0.15, 0.2) is 11.2 Å². The monoisotopic (exact) mass is 380 g/mol. The number of aryl methyl sites for hydroxylation is 2. The summed E-state index contributed by atoms with van der Waals surface area (Å²) >= 11 is 5.95. The normalized spacial score (nSPS) is 11.2. The average molecular weight is 381 g/mol. The van der Waals surface area contributed by atoms with Gasteiger partial charge in [-0.2, -0.15) is 0 Å². The van der Waals surface area contributed by atoms with Crippen LogP contribution in [0, 0.1) is 5.82 Å². The van der Waals surface area contributed by atoms with Crippen molar-refractivity contribution in [1.29, 1.82) is 0 Å². The van der Waals surface area contributed by atoms with E-state index < -0.39 is 17.1 Å². The molecule has 3 rings (SSSR count). The fourth-order valence-electron chi connectivity index (χ4n) is 2.68. The topological polar surface area (TPSA) is 81.9 Å². The summed E-state index contributed by atoms with van der Waals surface area (Å²) in [5, 5.41) is 0.140. The summed E-state index contributed by atoms with van der Waals surface area (Å²) in [6, 6.07) is 3.81. The van der Waals surface area contributed by atoms with Gasteiger partial charge in [0, 0.05) is 13.6 Å². The lowest BCUT2D eigenvalue weighted by Crippen LogP contribution is -2.31. The number of nitrogens with one attached hydrogen (secondary N) is 1. The highest BCUT2D eigenvalue weighted by Gasteiger charge is 2.17. The molecule has 7 nitrogen and oxygen atoms in total. The van der Waals surface area contributed by atoms with Gasteiger partial charge in [0.25, 0.3) is 5.56 Å². The zero-order chi connectivity index (χ0) is 18.8. The van der Waals surface area contributed by atoms with Gasteiger partial charge in [0.05, 0.1) is 5.02 Å². The second kappa shape index (κ2) is 7.33. The first-order valence-corrected chi connectivity index (χ1v) is 8.56. The van der Waals surface area contributed by atoms with Crippen LogP contribution in [0.25, 0.3) is 11.2 Å². The zero-order valence-electron chi connectivity index (χ0n) is 14.4. The van der Waals surface area contributed by atoms with E-state index in [0.717, 1.165) is 18.9 Å². The van der Waals surface area contributed by atoms with Crippen molar-refractivity contribution in [1.82, 2.24) is 19.1 Å². The van der Waals surface area contributed by atoms with Gasteiger partial charge in [-0.3, -0.25) is 14.3 Å². The third-order valence-corrected chi connectivity index (χ3v) is 4.39. The molecule has 0 spiro atoms. The molecule has 9 heteroatoms. The Labute approximate surface area is 153 Å². The van der Waals surface area contributed by atoms with Crippen LogP contribution >= 0.6 is 11.6 Å². The standard InChI is InChI=1S/C17H18ClFN4O3/c1-3-4-7-23-15-14(16(24)21-17(23)25)22(2)13(20-15)9-26-12-6-5-10(19)8-11(12)18/h5-6,8H,3-4,7,9H2,1-2H3,(H,21,24,25). The predicted molar refractivity (Wildman–Crippen MR) is 96.2 cm³/mol. The van der Waals surface area contributed by atoms with Gasteiger partial charge >= 0.3 is 5.69 Å². The number of imidazole rings is 1. The van der Waals surface area contributed by atoms with Crippen LogP contribution < -0.4 is 16.0 Å². The molecule has 1 aromatic carbocycles. The quantitative estimate of drug-likeness (QED) is 0.712. The number of fused-ring (bicyclic) bond motifs is 1. The van der Waals surface area contributed by atoms with E-state index in [9.17, 15) is 14.0 Å². The number of nitrogens with zero attached hydrogens (tertiary/aromatic N) is 3. The summed E-state index contributed by atoms with van der Waals surface area (Å²) < 4.78 is 21.7. The number of H-pyrrole nitrogens is 1. The first kappa shape index (κ1) is 18.2. The van der Waals surface area contributed by atoms with Crippen molar-refractivity contribution in [2.24, 2.45) is 7.05 Å². The summed E-state index contributed by atoms with van der Waals surface area (Å²) in [4.78, 5) is 31.0. The summed E-state index contributed by atoms with van der Waals surface area (Å²) in [7, 11) is 1.67. The highest BCUT2D eigenvalue weighted by atomic mass is 35.5. The minimum Gasteiger partial charge on any atom is -0.484 e. The van der Waals surface area contributed by atoms with Crippen molar-refractivity contribution >= 4 is 22.8 Å². The zero-order valence-corrected chi connectivity index (χ0v) is 15.1.